The zero-order chi connectivity index (χ0) is 15.8. The molecule has 1 amide bonds. The molecule has 0 fully saturated rings. The molecule has 0 aromatic heterocycles. The summed E-state index contributed by atoms with van der Waals surface area (Å²) in [6, 6.07) is 17.8. The highest BCUT2D eigenvalue weighted by atomic mass is 79.9. The van der Waals surface area contributed by atoms with Crippen LogP contribution in [0.25, 0.3) is 0 Å². The van der Waals surface area contributed by atoms with Gasteiger partial charge in [-0.1, -0.05) is 59.3 Å². The average Bonchev–Trinajstić information content (AvgIpc) is 2.53. The van der Waals surface area contributed by atoms with E-state index in [1.165, 1.54) is 5.56 Å². The average molecular weight is 362 g/mol. The second-order valence-electron chi connectivity index (χ2n) is 5.17. The Balaban J connectivity index is 1.68. The van der Waals surface area contributed by atoms with Crippen LogP contribution in [0.15, 0.2) is 59.1 Å². The van der Waals surface area contributed by atoms with Crippen LogP contribution >= 0.6 is 15.9 Å². The lowest BCUT2D eigenvalue weighted by molar-refractivity contribution is -0.121. The zero-order valence-corrected chi connectivity index (χ0v) is 14.2. The molecule has 3 nitrogen and oxygen atoms in total. The van der Waals surface area contributed by atoms with Crippen LogP contribution < -0.4 is 10.1 Å². The minimum absolute atomic E-state index is 0.0118. The highest BCUT2D eigenvalue weighted by molar-refractivity contribution is 9.10. The number of halogens is 1. The predicted molar refractivity (Wildman–Crippen MR) is 92.1 cm³/mol. The van der Waals surface area contributed by atoms with Crippen molar-refractivity contribution < 1.29 is 9.53 Å². The van der Waals surface area contributed by atoms with E-state index in [-0.39, 0.29) is 5.91 Å². The summed E-state index contributed by atoms with van der Waals surface area (Å²) in [6.45, 7) is 3.12. The molecule has 0 saturated carbocycles. The van der Waals surface area contributed by atoms with Crippen LogP contribution in [-0.4, -0.2) is 19.1 Å². The summed E-state index contributed by atoms with van der Waals surface area (Å²) in [5, 5.41) is 2.95. The smallest absolute Gasteiger partial charge is 0.223 e. The summed E-state index contributed by atoms with van der Waals surface area (Å²) in [7, 11) is 0. The normalized spacial score (nSPS) is 11.7. The summed E-state index contributed by atoms with van der Waals surface area (Å²) < 4.78 is 6.52. The van der Waals surface area contributed by atoms with E-state index < -0.39 is 0 Å². The maximum atomic E-state index is 11.8. The van der Waals surface area contributed by atoms with Crippen molar-refractivity contribution in [2.45, 2.75) is 19.3 Å². The van der Waals surface area contributed by atoms with E-state index in [4.69, 9.17) is 4.74 Å². The van der Waals surface area contributed by atoms with Crippen molar-refractivity contribution in [2.75, 3.05) is 13.2 Å². The Morgan fingerprint density at radius 1 is 1.18 bits per heavy atom. The number of carbonyl (C=O) groups is 1. The van der Waals surface area contributed by atoms with Gasteiger partial charge in [0.25, 0.3) is 0 Å². The van der Waals surface area contributed by atoms with Gasteiger partial charge in [-0.05, 0) is 29.7 Å². The van der Waals surface area contributed by atoms with E-state index in [0.29, 0.717) is 25.5 Å². The monoisotopic (exact) mass is 361 g/mol. The largest absolute Gasteiger partial charge is 0.493 e. The summed E-state index contributed by atoms with van der Waals surface area (Å²) in [6.07, 6.45) is 0.355. The topological polar surface area (TPSA) is 38.3 Å². The molecule has 0 saturated heterocycles. The van der Waals surface area contributed by atoms with Gasteiger partial charge < -0.3 is 10.1 Å². The molecule has 0 spiro atoms. The van der Waals surface area contributed by atoms with Crippen molar-refractivity contribution in [3.05, 3.63) is 64.6 Å². The molecule has 4 heteroatoms. The fraction of sp³-hybridized carbons (Fsp3) is 0.278. The number of rotatable bonds is 7. The standard InChI is InChI=1S/C18H20BrNO2/c1-14(15-6-3-2-4-7-15)13-20-18(21)10-11-22-17-9-5-8-16(19)12-17/h2-9,12,14H,10-11,13H2,1H3,(H,20,21). The molecule has 0 radical (unpaired) electrons. The molecule has 116 valence electrons. The quantitative estimate of drug-likeness (QED) is 0.804. The molecule has 0 aliphatic heterocycles. The van der Waals surface area contributed by atoms with E-state index >= 15 is 0 Å². The van der Waals surface area contributed by atoms with Crippen molar-refractivity contribution >= 4 is 21.8 Å². The number of nitrogens with one attached hydrogen (secondary N) is 1. The number of benzene rings is 2. The fourth-order valence-corrected chi connectivity index (χ4v) is 2.45. The van der Waals surface area contributed by atoms with Crippen LogP contribution in [0.1, 0.15) is 24.8 Å². The Kier molecular flexibility index (Phi) is 6.46. The van der Waals surface area contributed by atoms with Crippen molar-refractivity contribution in [3.8, 4) is 5.75 Å². The maximum absolute atomic E-state index is 11.8. The van der Waals surface area contributed by atoms with Crippen LogP contribution in [0.4, 0.5) is 0 Å². The van der Waals surface area contributed by atoms with E-state index in [1.54, 1.807) is 0 Å². The Bertz CT molecular complexity index is 601. The fourth-order valence-electron chi connectivity index (χ4n) is 2.07. The van der Waals surface area contributed by atoms with Gasteiger partial charge in [0.1, 0.15) is 5.75 Å². The van der Waals surface area contributed by atoms with Gasteiger partial charge in [0.05, 0.1) is 13.0 Å². The van der Waals surface area contributed by atoms with Gasteiger partial charge in [0.15, 0.2) is 0 Å². The molecule has 1 N–H and O–H groups in total. The first-order valence-corrected chi connectivity index (χ1v) is 8.14. The van der Waals surface area contributed by atoms with Crippen LogP contribution in [-0.2, 0) is 4.79 Å². The molecule has 1 atom stereocenters. The third-order valence-electron chi connectivity index (χ3n) is 3.37. The first kappa shape index (κ1) is 16.6. The second kappa shape index (κ2) is 8.59. The Hall–Kier alpha value is -1.81. The first-order valence-electron chi connectivity index (χ1n) is 7.35. The van der Waals surface area contributed by atoms with Gasteiger partial charge in [-0.2, -0.15) is 0 Å². The Morgan fingerprint density at radius 3 is 2.68 bits per heavy atom. The Labute approximate surface area is 139 Å². The highest BCUT2D eigenvalue weighted by Crippen LogP contribution is 2.17. The minimum Gasteiger partial charge on any atom is -0.493 e. The van der Waals surface area contributed by atoms with Crippen LogP contribution in [0, 0.1) is 0 Å². The summed E-state index contributed by atoms with van der Waals surface area (Å²) in [4.78, 5) is 11.8. The first-order chi connectivity index (χ1) is 10.6. The van der Waals surface area contributed by atoms with Crippen molar-refractivity contribution in [1.29, 1.82) is 0 Å². The molecule has 2 rings (SSSR count). The molecule has 0 aliphatic carbocycles. The van der Waals surface area contributed by atoms with E-state index in [1.807, 2.05) is 42.5 Å². The summed E-state index contributed by atoms with van der Waals surface area (Å²) in [5.41, 5.74) is 1.23. The van der Waals surface area contributed by atoms with E-state index in [2.05, 4.69) is 40.3 Å². The lowest BCUT2D eigenvalue weighted by Crippen LogP contribution is -2.28. The van der Waals surface area contributed by atoms with E-state index in [0.717, 1.165) is 10.2 Å². The molecule has 0 heterocycles. The van der Waals surface area contributed by atoms with Gasteiger partial charge in [-0.15, -0.1) is 0 Å². The lowest BCUT2D eigenvalue weighted by Gasteiger charge is -2.13. The van der Waals surface area contributed by atoms with Gasteiger partial charge in [0, 0.05) is 11.0 Å². The summed E-state index contributed by atoms with van der Waals surface area (Å²) >= 11 is 3.39. The van der Waals surface area contributed by atoms with Gasteiger partial charge in [0.2, 0.25) is 5.91 Å². The van der Waals surface area contributed by atoms with Gasteiger partial charge in [-0.3, -0.25) is 4.79 Å². The molecule has 2 aromatic rings. The van der Waals surface area contributed by atoms with Crippen molar-refractivity contribution in [3.63, 3.8) is 0 Å². The molecule has 0 aliphatic rings. The minimum atomic E-state index is 0.0118. The molecule has 22 heavy (non-hydrogen) atoms. The molecule has 0 bridgehead atoms. The zero-order valence-electron chi connectivity index (χ0n) is 12.6. The molecular formula is C18H20BrNO2. The van der Waals surface area contributed by atoms with Gasteiger partial charge >= 0.3 is 0 Å². The third kappa shape index (κ3) is 5.53. The number of hydrogen-bond donors (Lipinski definition) is 1. The third-order valence-corrected chi connectivity index (χ3v) is 3.86. The second-order valence-corrected chi connectivity index (χ2v) is 6.09. The number of carbonyl (C=O) groups excluding carboxylic acids is 1. The van der Waals surface area contributed by atoms with Crippen LogP contribution in [0.3, 0.4) is 0 Å². The highest BCUT2D eigenvalue weighted by Gasteiger charge is 2.07. The molecule has 2 aromatic carbocycles. The number of ether oxygens (including phenoxy) is 1. The molecular weight excluding hydrogens is 342 g/mol. The van der Waals surface area contributed by atoms with E-state index in [9.17, 15) is 4.79 Å². The SMILES string of the molecule is CC(CNC(=O)CCOc1cccc(Br)c1)c1ccccc1. The van der Waals surface area contributed by atoms with Crippen molar-refractivity contribution in [1.82, 2.24) is 5.32 Å². The lowest BCUT2D eigenvalue weighted by atomic mass is 10.0. The molecule has 1 unspecified atom stereocenters. The van der Waals surface area contributed by atoms with Crippen LogP contribution in [0.5, 0.6) is 5.75 Å². The predicted octanol–water partition coefficient (Wildman–Crippen LogP) is 4.14. The van der Waals surface area contributed by atoms with Crippen molar-refractivity contribution in [2.24, 2.45) is 0 Å². The number of amides is 1. The van der Waals surface area contributed by atoms with Gasteiger partial charge in [-0.25, -0.2) is 0 Å². The Morgan fingerprint density at radius 2 is 1.95 bits per heavy atom. The number of hydrogen-bond acceptors (Lipinski definition) is 2. The maximum Gasteiger partial charge on any atom is 0.223 e. The summed E-state index contributed by atoms with van der Waals surface area (Å²) in [5.74, 6) is 1.08. The van der Waals surface area contributed by atoms with Crippen LogP contribution in [0.2, 0.25) is 0 Å².